The highest BCUT2D eigenvalue weighted by Crippen LogP contribution is 2.32. The molecule has 2 amide bonds. The molecule has 3 rings (SSSR count). The molecule has 166 valence electrons. The Balaban J connectivity index is 1.89. The van der Waals surface area contributed by atoms with E-state index in [0.717, 1.165) is 0 Å². The molecule has 0 radical (unpaired) electrons. The van der Waals surface area contributed by atoms with E-state index in [2.05, 4.69) is 10.6 Å². The Bertz CT molecular complexity index is 1070. The summed E-state index contributed by atoms with van der Waals surface area (Å²) >= 11 is 0. The van der Waals surface area contributed by atoms with Crippen LogP contribution in [0.4, 0.5) is 10.1 Å². The first-order valence-corrected chi connectivity index (χ1v) is 10.3. The molecule has 1 aliphatic carbocycles. The molecule has 0 spiro atoms. The van der Waals surface area contributed by atoms with Gasteiger partial charge in [-0.15, -0.1) is 0 Å². The molecule has 3 N–H and O–H groups in total. The molecule has 0 bridgehead atoms. The van der Waals surface area contributed by atoms with E-state index in [4.69, 9.17) is 0 Å². The van der Waals surface area contributed by atoms with Gasteiger partial charge in [-0.1, -0.05) is 6.92 Å². The van der Waals surface area contributed by atoms with Crippen LogP contribution in [0.25, 0.3) is 0 Å². The Morgan fingerprint density at radius 1 is 1.26 bits per heavy atom. The lowest BCUT2D eigenvalue weighted by Gasteiger charge is -2.42. The number of aryl methyl sites for hydroxylation is 1. The van der Waals surface area contributed by atoms with Crippen LogP contribution in [0, 0.1) is 19.7 Å². The van der Waals surface area contributed by atoms with Gasteiger partial charge in [-0.05, 0) is 69.4 Å². The van der Waals surface area contributed by atoms with Crippen molar-refractivity contribution >= 4 is 23.3 Å². The van der Waals surface area contributed by atoms with Crippen LogP contribution in [0.5, 0.6) is 0 Å². The summed E-state index contributed by atoms with van der Waals surface area (Å²) in [4.78, 5) is 38.6. The zero-order valence-electron chi connectivity index (χ0n) is 18.4. The second-order valence-electron chi connectivity index (χ2n) is 8.53. The van der Waals surface area contributed by atoms with Gasteiger partial charge in [0.1, 0.15) is 5.82 Å². The minimum absolute atomic E-state index is 0.151. The van der Waals surface area contributed by atoms with E-state index in [1.54, 1.807) is 32.4 Å². The van der Waals surface area contributed by atoms with Gasteiger partial charge >= 0.3 is 0 Å². The molecule has 0 saturated heterocycles. The lowest BCUT2D eigenvalue weighted by atomic mass is 9.76. The summed E-state index contributed by atoms with van der Waals surface area (Å²) in [5.41, 5.74) is 1.74. The first-order valence-electron chi connectivity index (χ1n) is 10.3. The number of nitrogens with zero attached hydrogens (tertiary/aromatic N) is 1. The number of hydrogen-bond donors (Lipinski definition) is 3. The second kappa shape index (κ2) is 8.26. The van der Waals surface area contributed by atoms with Crippen molar-refractivity contribution in [2.75, 3.05) is 5.32 Å². The number of aliphatic hydroxyl groups excluding tert-OH is 1. The van der Waals surface area contributed by atoms with Crippen molar-refractivity contribution in [3.8, 4) is 0 Å². The third-order valence-corrected chi connectivity index (χ3v) is 5.95. The normalized spacial score (nSPS) is 20.2. The zero-order chi connectivity index (χ0) is 23.1. The Kier molecular flexibility index (Phi) is 6.04. The maximum atomic E-state index is 13.5. The van der Waals surface area contributed by atoms with Crippen molar-refractivity contribution in [2.24, 2.45) is 7.05 Å². The molecule has 8 heteroatoms. The molecular weight excluding hydrogens is 401 g/mol. The minimum atomic E-state index is -0.762. The molecule has 1 aliphatic rings. The van der Waals surface area contributed by atoms with Crippen LogP contribution < -0.4 is 10.6 Å². The monoisotopic (exact) mass is 429 g/mol. The summed E-state index contributed by atoms with van der Waals surface area (Å²) in [7, 11) is 1.65. The van der Waals surface area contributed by atoms with E-state index in [9.17, 15) is 23.9 Å². The summed E-state index contributed by atoms with van der Waals surface area (Å²) in [6, 6.07) is 4.28. The number of amides is 2. The number of aromatic nitrogens is 1. The molecule has 7 nitrogen and oxygen atoms in total. The molecule has 1 aromatic carbocycles. The fraction of sp³-hybridized carbons (Fsp3) is 0.435. The second-order valence-corrected chi connectivity index (χ2v) is 8.53. The number of hydrogen-bond acceptors (Lipinski definition) is 4. The highest BCUT2D eigenvalue weighted by molar-refractivity contribution is 6.43. The smallest absolute Gasteiger partial charge is 0.294 e. The van der Waals surface area contributed by atoms with Gasteiger partial charge in [0, 0.05) is 24.0 Å². The Morgan fingerprint density at radius 2 is 1.90 bits per heavy atom. The maximum absolute atomic E-state index is 13.5. The third kappa shape index (κ3) is 4.25. The van der Waals surface area contributed by atoms with Crippen molar-refractivity contribution in [3.05, 3.63) is 52.1 Å². The number of benzene rings is 1. The van der Waals surface area contributed by atoms with E-state index < -0.39 is 29.2 Å². The molecule has 1 aromatic heterocycles. The maximum Gasteiger partial charge on any atom is 0.294 e. The molecule has 31 heavy (non-hydrogen) atoms. The number of aliphatic hydroxyl groups is 1. The number of anilines is 1. The number of rotatable bonds is 6. The molecule has 1 heterocycles. The van der Waals surface area contributed by atoms with Gasteiger partial charge in [0.25, 0.3) is 17.6 Å². The highest BCUT2D eigenvalue weighted by Gasteiger charge is 2.42. The molecular formula is C23H28FN3O4. The molecule has 0 aliphatic heterocycles. The van der Waals surface area contributed by atoms with E-state index in [-0.39, 0.29) is 11.5 Å². The van der Waals surface area contributed by atoms with Crippen molar-refractivity contribution in [2.45, 2.75) is 58.6 Å². The molecule has 0 atom stereocenters. The van der Waals surface area contributed by atoms with Crippen LogP contribution in [-0.4, -0.2) is 38.9 Å². The summed E-state index contributed by atoms with van der Waals surface area (Å²) < 4.78 is 15.1. The SMILES string of the molecule is CCc1c(C(=O)Nc2ccc(F)c(C)c2)c(C)c(C(=O)C(=O)N[C@]2(C)C[C@H](O)C2)n1C. The fourth-order valence-corrected chi connectivity index (χ4v) is 4.36. The third-order valence-electron chi connectivity index (χ3n) is 5.95. The van der Waals surface area contributed by atoms with Crippen molar-refractivity contribution in [1.82, 2.24) is 9.88 Å². The highest BCUT2D eigenvalue weighted by atomic mass is 19.1. The van der Waals surface area contributed by atoms with Gasteiger partial charge < -0.3 is 20.3 Å². The van der Waals surface area contributed by atoms with Crippen LogP contribution in [0.3, 0.4) is 0 Å². The van der Waals surface area contributed by atoms with Crippen LogP contribution in [0.2, 0.25) is 0 Å². The topological polar surface area (TPSA) is 100 Å². The molecule has 2 aromatic rings. The van der Waals surface area contributed by atoms with Gasteiger partial charge in [0.05, 0.1) is 17.4 Å². The van der Waals surface area contributed by atoms with Gasteiger partial charge in [0.2, 0.25) is 0 Å². The van der Waals surface area contributed by atoms with Gasteiger partial charge in [-0.25, -0.2) is 4.39 Å². The van der Waals surface area contributed by atoms with E-state index >= 15 is 0 Å². The van der Waals surface area contributed by atoms with Crippen molar-refractivity contribution < 1.29 is 23.9 Å². The summed E-state index contributed by atoms with van der Waals surface area (Å²) in [5, 5.41) is 15.0. The largest absolute Gasteiger partial charge is 0.393 e. The standard InChI is InChI=1S/C23H28FN3O4/c1-6-17-18(21(30)25-14-7-8-16(24)12(2)9-14)13(3)19(27(17)5)20(29)22(31)26-23(4)10-15(28)11-23/h7-9,15,28H,6,10-11H2,1-5H3,(H,25,30)(H,26,31)/t15-,23+. The first kappa shape index (κ1) is 22.7. The Hall–Kier alpha value is -3.00. The summed E-state index contributed by atoms with van der Waals surface area (Å²) in [6.07, 6.45) is 0.780. The Labute approximate surface area is 180 Å². The first-order chi connectivity index (χ1) is 14.5. The lowest BCUT2D eigenvalue weighted by molar-refractivity contribution is -0.121. The van der Waals surface area contributed by atoms with Crippen molar-refractivity contribution in [1.29, 1.82) is 0 Å². The number of carbonyl (C=O) groups excluding carboxylic acids is 3. The predicted octanol–water partition coefficient (Wildman–Crippen LogP) is 2.81. The average Bonchev–Trinajstić information content (AvgIpc) is 2.92. The van der Waals surface area contributed by atoms with Crippen LogP contribution in [0.1, 0.15) is 64.4 Å². The van der Waals surface area contributed by atoms with Crippen molar-refractivity contribution in [3.63, 3.8) is 0 Å². The van der Waals surface area contributed by atoms with Gasteiger partial charge in [-0.2, -0.15) is 0 Å². The predicted molar refractivity (Wildman–Crippen MR) is 115 cm³/mol. The number of Topliss-reactive ketones (excluding diaryl/α,β-unsaturated/α-hetero) is 1. The van der Waals surface area contributed by atoms with Crippen LogP contribution in [-0.2, 0) is 18.3 Å². The lowest BCUT2D eigenvalue weighted by Crippen LogP contribution is -2.58. The summed E-state index contributed by atoms with van der Waals surface area (Å²) in [5.74, 6) is -2.28. The molecule has 0 unspecified atom stereocenters. The number of halogens is 1. The zero-order valence-corrected chi connectivity index (χ0v) is 18.4. The van der Waals surface area contributed by atoms with Crippen LogP contribution >= 0.6 is 0 Å². The quantitative estimate of drug-likeness (QED) is 0.486. The fourth-order valence-electron chi connectivity index (χ4n) is 4.36. The minimum Gasteiger partial charge on any atom is -0.393 e. The number of nitrogens with one attached hydrogen (secondary N) is 2. The van der Waals surface area contributed by atoms with E-state index in [0.29, 0.717) is 47.3 Å². The van der Waals surface area contributed by atoms with E-state index in [1.165, 1.54) is 18.2 Å². The number of ketones is 1. The summed E-state index contributed by atoms with van der Waals surface area (Å²) in [6.45, 7) is 6.88. The molecule has 1 saturated carbocycles. The average molecular weight is 429 g/mol. The number of carbonyl (C=O) groups is 3. The molecule has 1 fully saturated rings. The van der Waals surface area contributed by atoms with Gasteiger partial charge in [-0.3, -0.25) is 14.4 Å². The van der Waals surface area contributed by atoms with Gasteiger partial charge in [0.15, 0.2) is 0 Å². The van der Waals surface area contributed by atoms with E-state index in [1.807, 2.05) is 6.92 Å². The van der Waals surface area contributed by atoms with Crippen LogP contribution in [0.15, 0.2) is 18.2 Å². The Morgan fingerprint density at radius 3 is 2.45 bits per heavy atom.